The summed E-state index contributed by atoms with van der Waals surface area (Å²) in [4.78, 5) is 25.1. The first-order chi connectivity index (χ1) is 15.3. The number of anilines is 1. The van der Waals surface area contributed by atoms with Crippen LogP contribution in [0, 0.1) is 19.8 Å². The summed E-state index contributed by atoms with van der Waals surface area (Å²) in [7, 11) is 1.85. The van der Waals surface area contributed by atoms with Crippen LogP contribution in [0.15, 0.2) is 53.7 Å². The van der Waals surface area contributed by atoms with Gasteiger partial charge in [-0.2, -0.15) is 0 Å². The predicted molar refractivity (Wildman–Crippen MR) is 128 cm³/mol. The number of carbonyl (C=O) groups is 2. The molecule has 0 aliphatic heterocycles. The van der Waals surface area contributed by atoms with Crippen LogP contribution in [0.2, 0.25) is 0 Å². The van der Waals surface area contributed by atoms with Gasteiger partial charge in [0.2, 0.25) is 5.91 Å². The molecule has 2 N–H and O–H groups in total. The summed E-state index contributed by atoms with van der Waals surface area (Å²) >= 11 is 1.31. The fraction of sp³-hybridized carbons (Fsp3) is 0.333. The van der Waals surface area contributed by atoms with Crippen LogP contribution in [-0.2, 0) is 11.8 Å². The van der Waals surface area contributed by atoms with Gasteiger partial charge in [0.15, 0.2) is 11.0 Å². The minimum atomic E-state index is -0.307. The fourth-order valence-electron chi connectivity index (χ4n) is 3.27. The molecule has 168 valence electrons. The molecule has 0 radical (unpaired) electrons. The number of nitrogens with one attached hydrogen (secondary N) is 2. The standard InChI is InChI=1S/C24H29N5O2S/c1-15(2)21(26-23(31)18-11-7-6-8-12-18)22-27-28-24(29(22)5)32-14-20(30)25-19-13-9-10-16(3)17(19)4/h6-13,15,21H,14H2,1-5H3,(H,25,30)(H,26,31)/t21-/m1/s1. The minimum Gasteiger partial charge on any atom is -0.342 e. The number of benzene rings is 2. The molecule has 7 nitrogen and oxygen atoms in total. The zero-order valence-corrected chi connectivity index (χ0v) is 19.9. The van der Waals surface area contributed by atoms with Crippen molar-refractivity contribution in [1.29, 1.82) is 0 Å². The molecule has 0 bridgehead atoms. The Morgan fingerprint density at radius 2 is 1.75 bits per heavy atom. The van der Waals surface area contributed by atoms with Gasteiger partial charge < -0.3 is 15.2 Å². The van der Waals surface area contributed by atoms with Crippen LogP contribution in [0.4, 0.5) is 5.69 Å². The molecule has 0 fully saturated rings. The number of rotatable bonds is 8. The van der Waals surface area contributed by atoms with Crippen LogP contribution in [0.25, 0.3) is 0 Å². The zero-order chi connectivity index (χ0) is 23.3. The lowest BCUT2D eigenvalue weighted by atomic mass is 10.0. The van der Waals surface area contributed by atoms with Crippen molar-refractivity contribution < 1.29 is 9.59 Å². The highest BCUT2D eigenvalue weighted by Crippen LogP contribution is 2.25. The Morgan fingerprint density at radius 3 is 2.44 bits per heavy atom. The normalized spacial score (nSPS) is 11.9. The fourth-order valence-corrected chi connectivity index (χ4v) is 3.99. The average molecular weight is 452 g/mol. The van der Waals surface area contributed by atoms with Crippen LogP contribution < -0.4 is 10.6 Å². The molecule has 0 unspecified atom stereocenters. The highest BCUT2D eigenvalue weighted by molar-refractivity contribution is 7.99. The van der Waals surface area contributed by atoms with Crippen molar-refractivity contribution in [3.05, 3.63) is 71.0 Å². The Bertz CT molecular complexity index is 1100. The quantitative estimate of drug-likeness (QED) is 0.499. The molecule has 32 heavy (non-hydrogen) atoms. The molecule has 0 saturated carbocycles. The van der Waals surface area contributed by atoms with Crippen molar-refractivity contribution in [2.75, 3.05) is 11.1 Å². The van der Waals surface area contributed by atoms with Gasteiger partial charge in [0.1, 0.15) is 0 Å². The molecule has 1 atom stereocenters. The van der Waals surface area contributed by atoms with Gasteiger partial charge >= 0.3 is 0 Å². The van der Waals surface area contributed by atoms with Gasteiger partial charge in [0.05, 0.1) is 11.8 Å². The monoisotopic (exact) mass is 451 g/mol. The van der Waals surface area contributed by atoms with E-state index >= 15 is 0 Å². The van der Waals surface area contributed by atoms with E-state index in [1.165, 1.54) is 11.8 Å². The van der Waals surface area contributed by atoms with Crippen LogP contribution in [0.5, 0.6) is 0 Å². The average Bonchev–Trinajstić information content (AvgIpc) is 3.14. The van der Waals surface area contributed by atoms with Crippen molar-refractivity contribution in [3.63, 3.8) is 0 Å². The zero-order valence-electron chi connectivity index (χ0n) is 19.0. The highest BCUT2D eigenvalue weighted by Gasteiger charge is 2.25. The molecule has 2 aromatic carbocycles. The first-order valence-corrected chi connectivity index (χ1v) is 11.5. The first-order valence-electron chi connectivity index (χ1n) is 10.5. The van der Waals surface area contributed by atoms with E-state index in [9.17, 15) is 9.59 Å². The number of carbonyl (C=O) groups excluding carboxylic acids is 2. The first kappa shape index (κ1) is 23.5. The van der Waals surface area contributed by atoms with E-state index in [1.807, 2.05) is 75.7 Å². The SMILES string of the molecule is Cc1cccc(NC(=O)CSc2nnc([C@H](NC(=O)c3ccccc3)C(C)C)n2C)c1C. The summed E-state index contributed by atoms with van der Waals surface area (Å²) in [5, 5.41) is 15.2. The maximum atomic E-state index is 12.7. The maximum Gasteiger partial charge on any atom is 0.251 e. The summed E-state index contributed by atoms with van der Waals surface area (Å²) in [6, 6.07) is 14.6. The van der Waals surface area contributed by atoms with E-state index in [0.29, 0.717) is 16.5 Å². The summed E-state index contributed by atoms with van der Waals surface area (Å²) < 4.78 is 1.84. The molecule has 8 heteroatoms. The Kier molecular flexibility index (Phi) is 7.69. The number of amides is 2. The van der Waals surface area contributed by atoms with Gasteiger partial charge in [-0.15, -0.1) is 10.2 Å². The summed E-state index contributed by atoms with van der Waals surface area (Å²) in [6.07, 6.45) is 0. The second-order valence-corrected chi connectivity index (χ2v) is 8.99. The lowest BCUT2D eigenvalue weighted by Gasteiger charge is -2.21. The number of hydrogen-bond acceptors (Lipinski definition) is 5. The lowest BCUT2D eigenvalue weighted by Crippen LogP contribution is -2.33. The summed E-state index contributed by atoms with van der Waals surface area (Å²) in [6.45, 7) is 8.05. The molecule has 2 amide bonds. The maximum absolute atomic E-state index is 12.7. The van der Waals surface area contributed by atoms with Gasteiger partial charge in [-0.3, -0.25) is 9.59 Å². The molecule has 0 aliphatic rings. The van der Waals surface area contributed by atoms with Gasteiger partial charge in [-0.25, -0.2) is 0 Å². The number of hydrogen-bond donors (Lipinski definition) is 2. The number of nitrogens with zero attached hydrogens (tertiary/aromatic N) is 3. The van der Waals surface area contributed by atoms with Crippen LogP contribution in [0.1, 0.15) is 47.2 Å². The van der Waals surface area contributed by atoms with Gasteiger partial charge in [0, 0.05) is 18.3 Å². The summed E-state index contributed by atoms with van der Waals surface area (Å²) in [5.74, 6) is 0.709. The third-order valence-corrected chi connectivity index (χ3v) is 6.37. The van der Waals surface area contributed by atoms with E-state index in [0.717, 1.165) is 16.8 Å². The van der Waals surface area contributed by atoms with E-state index < -0.39 is 0 Å². The minimum absolute atomic E-state index is 0.106. The van der Waals surface area contributed by atoms with Gasteiger partial charge in [-0.1, -0.05) is 55.9 Å². The van der Waals surface area contributed by atoms with E-state index in [4.69, 9.17) is 0 Å². The molecule has 1 heterocycles. The number of aromatic nitrogens is 3. The Morgan fingerprint density at radius 1 is 1.03 bits per heavy atom. The Hall–Kier alpha value is -3.13. The Balaban J connectivity index is 1.67. The van der Waals surface area contributed by atoms with Crippen molar-refractivity contribution >= 4 is 29.3 Å². The second kappa shape index (κ2) is 10.5. The van der Waals surface area contributed by atoms with E-state index in [2.05, 4.69) is 20.8 Å². The Labute approximate surface area is 193 Å². The second-order valence-electron chi connectivity index (χ2n) is 8.05. The number of aryl methyl sites for hydroxylation is 1. The van der Waals surface area contributed by atoms with Crippen molar-refractivity contribution in [3.8, 4) is 0 Å². The van der Waals surface area contributed by atoms with Crippen LogP contribution >= 0.6 is 11.8 Å². The van der Waals surface area contributed by atoms with Crippen molar-refractivity contribution in [2.24, 2.45) is 13.0 Å². The van der Waals surface area contributed by atoms with Crippen LogP contribution in [-0.4, -0.2) is 32.3 Å². The van der Waals surface area contributed by atoms with E-state index in [-0.39, 0.29) is 29.5 Å². The topological polar surface area (TPSA) is 88.9 Å². The van der Waals surface area contributed by atoms with Gasteiger partial charge in [-0.05, 0) is 49.1 Å². The van der Waals surface area contributed by atoms with Crippen molar-refractivity contribution in [1.82, 2.24) is 20.1 Å². The predicted octanol–water partition coefficient (Wildman–Crippen LogP) is 4.29. The molecule has 0 saturated heterocycles. The lowest BCUT2D eigenvalue weighted by molar-refractivity contribution is -0.113. The molecule has 0 spiro atoms. The summed E-state index contributed by atoms with van der Waals surface area (Å²) in [5.41, 5.74) is 3.60. The van der Waals surface area contributed by atoms with Gasteiger partial charge in [0.25, 0.3) is 5.91 Å². The van der Waals surface area contributed by atoms with Crippen LogP contribution in [0.3, 0.4) is 0 Å². The van der Waals surface area contributed by atoms with Crippen molar-refractivity contribution in [2.45, 2.75) is 38.9 Å². The third-order valence-electron chi connectivity index (χ3n) is 5.35. The number of thioether (sulfide) groups is 1. The molecule has 0 aliphatic carbocycles. The molecule has 3 rings (SSSR count). The molecule has 3 aromatic rings. The third kappa shape index (κ3) is 5.56. The molecular weight excluding hydrogens is 422 g/mol. The van der Waals surface area contributed by atoms with E-state index in [1.54, 1.807) is 12.1 Å². The molecule has 1 aromatic heterocycles. The highest BCUT2D eigenvalue weighted by atomic mass is 32.2. The largest absolute Gasteiger partial charge is 0.342 e. The smallest absolute Gasteiger partial charge is 0.251 e. The molecular formula is C24H29N5O2S.